The lowest BCUT2D eigenvalue weighted by Gasteiger charge is -2.14. The summed E-state index contributed by atoms with van der Waals surface area (Å²) in [5, 5.41) is 24.9. The van der Waals surface area contributed by atoms with Gasteiger partial charge in [0.1, 0.15) is 11.9 Å². The van der Waals surface area contributed by atoms with Gasteiger partial charge < -0.3 is 10.4 Å². The van der Waals surface area contributed by atoms with E-state index < -0.39 is 12.0 Å². The number of rotatable bonds is 6. The maximum atomic E-state index is 11.2. The van der Waals surface area contributed by atoms with E-state index in [0.717, 1.165) is 18.7 Å². The van der Waals surface area contributed by atoms with Crippen molar-refractivity contribution in [1.82, 2.24) is 19.8 Å². The number of carbonyl (C=O) groups is 1. The third-order valence-electron chi connectivity index (χ3n) is 3.93. The molecule has 112 valence electrons. The minimum absolute atomic E-state index is 0.411. The van der Waals surface area contributed by atoms with Crippen LogP contribution in [0.1, 0.15) is 44.9 Å². The number of nitrogens with one attached hydrogen (secondary N) is 1. The zero-order valence-corrected chi connectivity index (χ0v) is 12.2. The summed E-state index contributed by atoms with van der Waals surface area (Å²) < 4.78 is 1.72. The smallest absolute Gasteiger partial charge is 0.326 e. The second-order valence-corrected chi connectivity index (χ2v) is 5.69. The molecule has 7 heteroatoms. The molecule has 0 amide bonds. The molecule has 7 nitrogen and oxygen atoms in total. The number of nitrogens with zero attached hydrogens (tertiary/aromatic N) is 4. The molecule has 0 saturated heterocycles. The van der Waals surface area contributed by atoms with E-state index >= 15 is 0 Å². The maximum Gasteiger partial charge on any atom is 0.326 e. The zero-order chi connectivity index (χ0) is 15.0. The predicted octanol–water partition coefficient (Wildman–Crippen LogP) is 1.91. The molecule has 0 spiro atoms. The van der Waals surface area contributed by atoms with E-state index in [1.807, 2.05) is 13.0 Å². The average Bonchev–Trinajstić information content (AvgIpc) is 3.02. The number of carboxylic acids is 1. The molecule has 2 heterocycles. The van der Waals surface area contributed by atoms with Crippen molar-refractivity contribution in [3.63, 3.8) is 0 Å². The minimum atomic E-state index is -0.862. The number of fused-ring (bicyclic) bond motifs is 1. The van der Waals surface area contributed by atoms with Crippen LogP contribution in [0.2, 0.25) is 0 Å². The van der Waals surface area contributed by atoms with Crippen molar-refractivity contribution in [2.24, 2.45) is 5.92 Å². The van der Waals surface area contributed by atoms with E-state index in [9.17, 15) is 9.90 Å². The molecule has 0 bridgehead atoms. The maximum absolute atomic E-state index is 11.2. The van der Waals surface area contributed by atoms with Gasteiger partial charge in [0.25, 0.3) is 0 Å². The van der Waals surface area contributed by atoms with Gasteiger partial charge in [0.2, 0.25) is 0 Å². The summed E-state index contributed by atoms with van der Waals surface area (Å²) in [6.45, 7) is 4.14. The predicted molar refractivity (Wildman–Crippen MR) is 77.3 cm³/mol. The lowest BCUT2D eigenvalue weighted by Crippen LogP contribution is -2.29. The number of aromatic nitrogens is 4. The van der Waals surface area contributed by atoms with Crippen molar-refractivity contribution >= 4 is 17.4 Å². The van der Waals surface area contributed by atoms with Gasteiger partial charge in [-0.15, -0.1) is 15.3 Å². The number of hydrogen-bond donors (Lipinski definition) is 2. The summed E-state index contributed by atoms with van der Waals surface area (Å²) in [7, 11) is 0. The Morgan fingerprint density at radius 2 is 2.29 bits per heavy atom. The summed E-state index contributed by atoms with van der Waals surface area (Å²) in [4.78, 5) is 11.2. The number of carboxylic acid groups (broad SMARTS) is 1. The largest absolute Gasteiger partial charge is 0.480 e. The average molecular weight is 289 g/mol. The van der Waals surface area contributed by atoms with Crippen molar-refractivity contribution in [1.29, 1.82) is 0 Å². The number of anilines is 1. The first-order chi connectivity index (χ1) is 10.1. The van der Waals surface area contributed by atoms with Gasteiger partial charge in [-0.05, 0) is 30.9 Å². The van der Waals surface area contributed by atoms with Crippen LogP contribution in [0.3, 0.4) is 0 Å². The van der Waals surface area contributed by atoms with E-state index in [1.54, 1.807) is 10.6 Å². The monoisotopic (exact) mass is 289 g/mol. The van der Waals surface area contributed by atoms with Crippen LogP contribution in [-0.4, -0.2) is 36.9 Å². The standard InChI is InChI=1S/C14H19N5O2/c1-3-4-10(14(20)21)15-11-5-6-12-16-17-13(19(12)18-11)9-7-8(9)2/h5-6,8-10H,3-4,7H2,1-2H3,(H,15,18)(H,20,21). The Morgan fingerprint density at radius 1 is 1.52 bits per heavy atom. The third kappa shape index (κ3) is 2.68. The van der Waals surface area contributed by atoms with Crippen LogP contribution < -0.4 is 5.32 Å². The van der Waals surface area contributed by atoms with E-state index in [-0.39, 0.29) is 0 Å². The van der Waals surface area contributed by atoms with Crippen molar-refractivity contribution in [3.8, 4) is 0 Å². The molecule has 0 aliphatic heterocycles. The third-order valence-corrected chi connectivity index (χ3v) is 3.93. The SMILES string of the molecule is CCCC(Nc1ccc2nnc(C3CC3C)n2n1)C(=O)O. The highest BCUT2D eigenvalue weighted by Gasteiger charge is 2.38. The molecule has 1 aliphatic carbocycles. The Bertz CT molecular complexity index is 668. The second-order valence-electron chi connectivity index (χ2n) is 5.69. The Labute approximate surface area is 122 Å². The van der Waals surface area contributed by atoms with Gasteiger partial charge in [0, 0.05) is 5.92 Å². The molecule has 2 N–H and O–H groups in total. The molecule has 3 rings (SSSR count). The quantitative estimate of drug-likeness (QED) is 0.844. The fourth-order valence-electron chi connectivity index (χ4n) is 2.52. The Balaban J connectivity index is 1.87. The minimum Gasteiger partial charge on any atom is -0.480 e. The van der Waals surface area contributed by atoms with E-state index in [0.29, 0.717) is 29.7 Å². The van der Waals surface area contributed by atoms with Crippen LogP contribution >= 0.6 is 0 Å². The molecule has 1 saturated carbocycles. The van der Waals surface area contributed by atoms with E-state index in [1.165, 1.54) is 0 Å². The van der Waals surface area contributed by atoms with Crippen LogP contribution in [0.25, 0.3) is 5.65 Å². The van der Waals surface area contributed by atoms with Crippen LogP contribution in [0.15, 0.2) is 12.1 Å². The first-order valence-electron chi connectivity index (χ1n) is 7.32. The highest BCUT2D eigenvalue weighted by molar-refractivity contribution is 5.76. The summed E-state index contributed by atoms with van der Waals surface area (Å²) in [5.41, 5.74) is 0.692. The first kappa shape index (κ1) is 13.8. The van der Waals surface area contributed by atoms with Crippen LogP contribution in [0, 0.1) is 5.92 Å². The van der Waals surface area contributed by atoms with Crippen molar-refractivity contribution < 1.29 is 9.90 Å². The Morgan fingerprint density at radius 3 is 2.90 bits per heavy atom. The summed E-state index contributed by atoms with van der Waals surface area (Å²) in [6.07, 6.45) is 2.46. The van der Waals surface area contributed by atoms with Gasteiger partial charge in [-0.1, -0.05) is 20.3 Å². The van der Waals surface area contributed by atoms with Crippen LogP contribution in [-0.2, 0) is 4.79 Å². The Hall–Kier alpha value is -2.18. The van der Waals surface area contributed by atoms with E-state index in [2.05, 4.69) is 27.5 Å². The molecule has 1 aliphatic rings. The lowest BCUT2D eigenvalue weighted by molar-refractivity contribution is -0.138. The molecule has 3 unspecified atom stereocenters. The number of aliphatic carboxylic acids is 1. The molecule has 0 radical (unpaired) electrons. The Kier molecular flexibility index (Phi) is 3.48. The lowest BCUT2D eigenvalue weighted by atomic mass is 10.2. The van der Waals surface area contributed by atoms with Gasteiger partial charge >= 0.3 is 5.97 Å². The molecular formula is C14H19N5O2. The van der Waals surface area contributed by atoms with Crippen LogP contribution in [0.4, 0.5) is 5.82 Å². The zero-order valence-electron chi connectivity index (χ0n) is 12.2. The molecule has 2 aromatic rings. The summed E-state index contributed by atoms with van der Waals surface area (Å²) in [6, 6.07) is 2.93. The van der Waals surface area contributed by atoms with Gasteiger partial charge in [-0.2, -0.15) is 4.52 Å². The van der Waals surface area contributed by atoms with Crippen LogP contribution in [0.5, 0.6) is 0 Å². The van der Waals surface area contributed by atoms with Gasteiger partial charge in [0.05, 0.1) is 0 Å². The fraction of sp³-hybridized carbons (Fsp3) is 0.571. The molecule has 2 aromatic heterocycles. The van der Waals surface area contributed by atoms with E-state index in [4.69, 9.17) is 0 Å². The van der Waals surface area contributed by atoms with Gasteiger partial charge in [0.15, 0.2) is 11.5 Å². The highest BCUT2D eigenvalue weighted by atomic mass is 16.4. The van der Waals surface area contributed by atoms with Gasteiger partial charge in [-0.3, -0.25) is 0 Å². The molecule has 3 atom stereocenters. The summed E-state index contributed by atoms with van der Waals surface area (Å²) in [5.74, 6) is 1.57. The fourth-order valence-corrected chi connectivity index (χ4v) is 2.52. The van der Waals surface area contributed by atoms with Crippen molar-refractivity contribution in [2.75, 3.05) is 5.32 Å². The van der Waals surface area contributed by atoms with Crippen molar-refractivity contribution in [3.05, 3.63) is 18.0 Å². The van der Waals surface area contributed by atoms with Crippen molar-refractivity contribution in [2.45, 2.75) is 45.1 Å². The molecule has 0 aromatic carbocycles. The first-order valence-corrected chi connectivity index (χ1v) is 7.32. The second kappa shape index (κ2) is 5.31. The van der Waals surface area contributed by atoms with Gasteiger partial charge in [-0.25, -0.2) is 4.79 Å². The topological polar surface area (TPSA) is 92.4 Å². The molecule has 21 heavy (non-hydrogen) atoms. The number of hydrogen-bond acceptors (Lipinski definition) is 5. The molecule has 1 fully saturated rings. The normalized spacial score (nSPS) is 22.2. The summed E-state index contributed by atoms with van der Waals surface area (Å²) >= 11 is 0. The highest BCUT2D eigenvalue weighted by Crippen LogP contribution is 2.45. The molecular weight excluding hydrogens is 270 g/mol.